The lowest BCUT2D eigenvalue weighted by atomic mass is 9.87. The first-order valence-electron chi connectivity index (χ1n) is 10.4. The Morgan fingerprint density at radius 2 is 1.82 bits per heavy atom. The van der Waals surface area contributed by atoms with Gasteiger partial charge in [0.25, 0.3) is 0 Å². The molecule has 1 saturated heterocycles. The summed E-state index contributed by atoms with van der Waals surface area (Å²) in [6.45, 7) is -10.2. The molecule has 0 bridgehead atoms. The summed E-state index contributed by atoms with van der Waals surface area (Å²) in [6, 6.07) is 5.99. The van der Waals surface area contributed by atoms with Crippen LogP contribution >= 0.6 is 0 Å². The molecule has 2 heteroatoms. The summed E-state index contributed by atoms with van der Waals surface area (Å²) in [4.78, 5) is -0.0530. The van der Waals surface area contributed by atoms with Crippen LogP contribution in [-0.4, -0.2) is 31.0 Å². The van der Waals surface area contributed by atoms with Crippen molar-refractivity contribution in [3.05, 3.63) is 35.4 Å². The minimum Gasteiger partial charge on any atom is -0.379 e. The van der Waals surface area contributed by atoms with Crippen LogP contribution in [0.2, 0.25) is 0 Å². The average Bonchev–Trinajstić information content (AvgIpc) is 2.43. The summed E-state index contributed by atoms with van der Waals surface area (Å²) < 4.78 is 84.0. The Morgan fingerprint density at radius 1 is 1.24 bits per heavy atom. The van der Waals surface area contributed by atoms with Crippen molar-refractivity contribution in [1.29, 1.82) is 0 Å². The molecule has 0 saturated carbocycles. The van der Waals surface area contributed by atoms with Crippen LogP contribution in [0.3, 0.4) is 0 Å². The third kappa shape index (κ3) is 3.55. The van der Waals surface area contributed by atoms with Crippen LogP contribution in [-0.2, 0) is 16.6 Å². The summed E-state index contributed by atoms with van der Waals surface area (Å²) in [7, 11) is 0. The van der Waals surface area contributed by atoms with Crippen molar-refractivity contribution in [1.82, 2.24) is 4.90 Å². The largest absolute Gasteiger partial charge is 0.379 e. The Morgan fingerprint density at radius 3 is 2.35 bits per heavy atom. The quantitative estimate of drug-likeness (QED) is 0.792. The molecule has 0 radical (unpaired) electrons. The maximum atomic E-state index is 8.38. The lowest BCUT2D eigenvalue weighted by Gasteiger charge is -2.27. The van der Waals surface area contributed by atoms with Gasteiger partial charge in [0.2, 0.25) is 0 Å². The smallest absolute Gasteiger partial charge is 0.0594 e. The Labute approximate surface area is 119 Å². The van der Waals surface area contributed by atoms with Crippen LogP contribution in [0.25, 0.3) is 0 Å². The van der Waals surface area contributed by atoms with Crippen molar-refractivity contribution in [2.24, 2.45) is 0 Å². The zero-order valence-electron chi connectivity index (χ0n) is 20.2. The SMILES string of the molecule is [2H]C([2H])(c1ccc(C(C)(C)C)cc1)N1C([2H])([2H])C([2H])([2H])OC([2H])([2H])C1([2H])[2H]. The standard InChI is InChI=1S/C15H23NO/c1-15(2,3)14-6-4-13(5-7-14)12-16-8-10-17-11-9-16/h4-7H,8-12H2,1-3H3/i8D2,9D2,10D2,11D2,12D2. The molecule has 2 nitrogen and oxygen atoms in total. The Kier molecular flexibility index (Phi) is 1.53. The summed E-state index contributed by atoms with van der Waals surface area (Å²) in [5.41, 5.74) is 0.528. The fourth-order valence-corrected chi connectivity index (χ4v) is 1.42. The zero-order valence-corrected chi connectivity index (χ0v) is 10.2. The van der Waals surface area contributed by atoms with Gasteiger partial charge in [-0.05, 0) is 16.5 Å². The van der Waals surface area contributed by atoms with Gasteiger partial charge < -0.3 is 4.74 Å². The van der Waals surface area contributed by atoms with Gasteiger partial charge in [-0.3, -0.25) is 4.90 Å². The Hall–Kier alpha value is -0.860. The molecule has 0 aromatic heterocycles. The minimum absolute atomic E-state index is 0.0530. The number of ether oxygens (including phenoxy) is 1. The van der Waals surface area contributed by atoms with Crippen molar-refractivity contribution in [3.63, 3.8) is 0 Å². The van der Waals surface area contributed by atoms with Gasteiger partial charge in [0.1, 0.15) is 0 Å². The summed E-state index contributed by atoms with van der Waals surface area (Å²) in [6.07, 6.45) is 0. The lowest BCUT2D eigenvalue weighted by Crippen LogP contribution is -2.35. The minimum atomic E-state index is -3.30. The van der Waals surface area contributed by atoms with E-state index in [0.29, 0.717) is 0 Å². The van der Waals surface area contributed by atoms with E-state index in [4.69, 9.17) is 13.7 Å². The molecule has 0 unspecified atom stereocenters. The van der Waals surface area contributed by atoms with E-state index in [1.165, 1.54) is 12.1 Å². The number of hydrogen-bond donors (Lipinski definition) is 0. The predicted molar refractivity (Wildman–Crippen MR) is 71.2 cm³/mol. The van der Waals surface area contributed by atoms with E-state index < -0.39 is 32.6 Å². The molecule has 1 aromatic carbocycles. The highest BCUT2D eigenvalue weighted by Crippen LogP contribution is 2.22. The summed E-state index contributed by atoms with van der Waals surface area (Å²) in [5.74, 6) is 0. The first kappa shape index (κ1) is 5.02. The number of benzene rings is 1. The third-order valence-corrected chi connectivity index (χ3v) is 2.41. The molecular formula is C15H23NO. The van der Waals surface area contributed by atoms with Crippen molar-refractivity contribution >= 4 is 0 Å². The summed E-state index contributed by atoms with van der Waals surface area (Å²) >= 11 is 0. The average molecular weight is 243 g/mol. The van der Waals surface area contributed by atoms with Crippen molar-refractivity contribution in [2.75, 3.05) is 26.1 Å². The van der Waals surface area contributed by atoms with E-state index in [0.717, 1.165) is 5.56 Å². The number of nitrogens with zero attached hydrogens (tertiary/aromatic N) is 1. The number of rotatable bonds is 2. The second-order valence-electron chi connectivity index (χ2n) is 4.80. The molecule has 1 aliphatic heterocycles. The second-order valence-corrected chi connectivity index (χ2v) is 4.80. The van der Waals surface area contributed by atoms with Crippen LogP contribution in [0.5, 0.6) is 0 Å². The van der Waals surface area contributed by atoms with Crippen LogP contribution in [0.1, 0.15) is 45.6 Å². The molecule has 0 spiro atoms. The topological polar surface area (TPSA) is 12.5 Å². The molecule has 1 heterocycles. The van der Waals surface area contributed by atoms with Gasteiger partial charge >= 0.3 is 0 Å². The van der Waals surface area contributed by atoms with Crippen molar-refractivity contribution < 1.29 is 18.4 Å². The molecule has 0 atom stereocenters. The Balaban J connectivity index is 2.63. The number of hydrogen-bond acceptors (Lipinski definition) is 2. The summed E-state index contributed by atoms with van der Waals surface area (Å²) in [5, 5.41) is 0. The molecule has 0 N–H and O–H groups in total. The maximum absolute atomic E-state index is 8.38. The van der Waals surface area contributed by atoms with Crippen LogP contribution < -0.4 is 0 Å². The first-order valence-corrected chi connectivity index (χ1v) is 5.40. The highest BCUT2D eigenvalue weighted by atomic mass is 16.5. The molecule has 1 aliphatic rings. The normalized spacial score (nSPS) is 39.7. The van der Waals surface area contributed by atoms with E-state index in [1.54, 1.807) is 12.1 Å². The van der Waals surface area contributed by atoms with Crippen LogP contribution in [0.4, 0.5) is 0 Å². The van der Waals surface area contributed by atoms with Gasteiger partial charge in [0, 0.05) is 27.7 Å². The van der Waals surface area contributed by atoms with E-state index in [-0.39, 0.29) is 15.9 Å². The van der Waals surface area contributed by atoms with Gasteiger partial charge in [-0.2, -0.15) is 0 Å². The van der Waals surface area contributed by atoms with Crippen molar-refractivity contribution in [3.8, 4) is 0 Å². The van der Waals surface area contributed by atoms with E-state index in [9.17, 15) is 0 Å². The Bertz CT molecular complexity index is 682. The molecular weight excluding hydrogens is 210 g/mol. The molecule has 1 fully saturated rings. The first-order chi connectivity index (χ1) is 11.8. The second kappa shape index (κ2) is 5.19. The monoisotopic (exact) mass is 243 g/mol. The highest BCUT2D eigenvalue weighted by Gasteiger charge is 2.14. The zero-order chi connectivity index (χ0) is 21.3. The van der Waals surface area contributed by atoms with Gasteiger partial charge in [0.15, 0.2) is 0 Å². The maximum Gasteiger partial charge on any atom is 0.0594 e. The highest BCUT2D eigenvalue weighted by molar-refractivity contribution is 5.27. The van der Waals surface area contributed by atoms with Crippen molar-refractivity contribution in [2.45, 2.75) is 32.7 Å². The molecule has 17 heavy (non-hydrogen) atoms. The van der Waals surface area contributed by atoms with Gasteiger partial charge in [-0.1, -0.05) is 45.0 Å². The molecule has 94 valence electrons. The number of morpholine rings is 1. The molecule has 0 aliphatic carbocycles. The predicted octanol–water partition coefficient (Wildman–Crippen LogP) is 2.82. The molecule has 1 aromatic rings. The molecule has 2 rings (SSSR count). The van der Waals surface area contributed by atoms with Gasteiger partial charge in [-0.15, -0.1) is 0 Å². The molecule has 0 amide bonds. The fourth-order valence-electron chi connectivity index (χ4n) is 1.42. The third-order valence-electron chi connectivity index (χ3n) is 2.41. The van der Waals surface area contributed by atoms with E-state index in [1.807, 2.05) is 20.8 Å². The fraction of sp³-hybridized carbons (Fsp3) is 0.600. The van der Waals surface area contributed by atoms with E-state index >= 15 is 0 Å². The van der Waals surface area contributed by atoms with E-state index in [2.05, 4.69) is 4.74 Å². The van der Waals surface area contributed by atoms with Gasteiger partial charge in [0.05, 0.1) is 18.6 Å². The van der Waals surface area contributed by atoms with Crippen LogP contribution in [0, 0.1) is 0 Å². The lowest BCUT2D eigenvalue weighted by molar-refractivity contribution is 0.0342. The van der Waals surface area contributed by atoms with Crippen LogP contribution in [0.15, 0.2) is 24.3 Å². The van der Waals surface area contributed by atoms with Gasteiger partial charge in [-0.25, -0.2) is 0 Å².